The number of aromatic nitrogens is 2. The second kappa shape index (κ2) is 11.2. The first kappa shape index (κ1) is 23.8. The molecule has 1 heterocycles. The molecule has 34 heavy (non-hydrogen) atoms. The monoisotopic (exact) mass is 465 g/mol. The zero-order valence-electron chi connectivity index (χ0n) is 19.3. The lowest BCUT2D eigenvalue weighted by Crippen LogP contribution is -2.18. The van der Waals surface area contributed by atoms with Gasteiger partial charge in [0, 0.05) is 5.56 Å². The summed E-state index contributed by atoms with van der Waals surface area (Å²) < 4.78 is 31.9. The molecular weight excluding hydrogens is 436 g/mol. The van der Waals surface area contributed by atoms with Crippen LogP contribution in [0.3, 0.4) is 0 Å². The summed E-state index contributed by atoms with van der Waals surface area (Å²) in [4.78, 5) is 22.0. The number of nitrogens with zero attached hydrogens (tertiary/aromatic N) is 2. The normalized spacial score (nSPS) is 14.1. The van der Waals surface area contributed by atoms with Gasteiger partial charge in [-0.1, -0.05) is 38.2 Å². The first-order chi connectivity index (χ1) is 16.5. The summed E-state index contributed by atoms with van der Waals surface area (Å²) in [5.41, 5.74) is 2.76. The maximum absolute atomic E-state index is 13.5. The minimum Gasteiger partial charge on any atom is -0.497 e. The van der Waals surface area contributed by atoms with Crippen LogP contribution in [0.15, 0.2) is 48.7 Å². The summed E-state index contributed by atoms with van der Waals surface area (Å²) >= 11 is 0. The van der Waals surface area contributed by atoms with Crippen molar-refractivity contribution < 1.29 is 18.3 Å². The highest BCUT2D eigenvalue weighted by Crippen LogP contribution is 2.29. The number of benzene rings is 2. The Hall–Kier alpha value is -3.35. The van der Waals surface area contributed by atoms with Crippen molar-refractivity contribution in [2.45, 2.75) is 51.4 Å². The van der Waals surface area contributed by atoms with E-state index in [9.17, 15) is 13.6 Å². The molecule has 1 saturated carbocycles. The smallest absolute Gasteiger partial charge is 0.229 e. The third-order valence-electron chi connectivity index (χ3n) is 6.35. The van der Waals surface area contributed by atoms with Gasteiger partial charge in [-0.3, -0.25) is 4.79 Å². The maximum atomic E-state index is 13.5. The van der Waals surface area contributed by atoms with Crippen molar-refractivity contribution in [2.75, 3.05) is 12.4 Å². The molecule has 0 saturated heterocycles. The number of ether oxygens (including phenoxy) is 1. The highest BCUT2D eigenvalue weighted by molar-refractivity contribution is 5.92. The first-order valence-corrected chi connectivity index (χ1v) is 11.8. The van der Waals surface area contributed by atoms with Crippen LogP contribution in [-0.2, 0) is 17.6 Å². The molecule has 5 nitrogen and oxygen atoms in total. The molecule has 178 valence electrons. The fourth-order valence-electron chi connectivity index (χ4n) is 4.43. The SMILES string of the molecule is COc1ccc(-c2cnc(NC(=O)Cc3ccc(F)c(F)c3)c(CCC3CCCCC3)n2)cc1. The summed E-state index contributed by atoms with van der Waals surface area (Å²) in [5.74, 6) is -0.422. The van der Waals surface area contributed by atoms with Gasteiger partial charge in [-0.05, 0) is 60.7 Å². The van der Waals surface area contributed by atoms with Crippen molar-refractivity contribution >= 4 is 11.7 Å². The number of carbonyl (C=O) groups excluding carboxylic acids is 1. The molecule has 0 atom stereocenters. The van der Waals surface area contributed by atoms with Crippen LogP contribution >= 0.6 is 0 Å². The maximum Gasteiger partial charge on any atom is 0.229 e. The number of methoxy groups -OCH3 is 1. The predicted molar refractivity (Wildman–Crippen MR) is 128 cm³/mol. The van der Waals surface area contributed by atoms with Crippen molar-refractivity contribution in [1.82, 2.24) is 9.97 Å². The minimum atomic E-state index is -0.970. The molecule has 4 rings (SSSR count). The summed E-state index contributed by atoms with van der Waals surface area (Å²) in [6, 6.07) is 11.1. The Morgan fingerprint density at radius 1 is 1.06 bits per heavy atom. The average Bonchev–Trinajstić information content (AvgIpc) is 2.86. The van der Waals surface area contributed by atoms with Crippen molar-refractivity contribution in [3.63, 3.8) is 0 Å². The third kappa shape index (κ3) is 6.16. The van der Waals surface area contributed by atoms with E-state index in [4.69, 9.17) is 9.72 Å². The molecule has 1 aromatic heterocycles. The van der Waals surface area contributed by atoms with E-state index in [1.54, 1.807) is 13.3 Å². The van der Waals surface area contributed by atoms with E-state index in [1.165, 1.54) is 38.2 Å². The van der Waals surface area contributed by atoms with Crippen molar-refractivity contribution in [1.29, 1.82) is 0 Å². The lowest BCUT2D eigenvalue weighted by molar-refractivity contribution is -0.115. The fourth-order valence-corrected chi connectivity index (χ4v) is 4.43. The standard InChI is InChI=1S/C27H29F2N3O2/c1-34-21-11-9-20(10-12-21)25-17-30-27(24(31-25)14-8-18-5-3-2-4-6-18)32-26(33)16-19-7-13-22(28)23(29)15-19/h7,9-13,15,17-18H,2-6,8,14,16H2,1H3,(H,30,32,33). The number of hydrogen-bond acceptors (Lipinski definition) is 4. The Kier molecular flexibility index (Phi) is 7.83. The van der Waals surface area contributed by atoms with Crippen LogP contribution in [0.1, 0.15) is 49.8 Å². The van der Waals surface area contributed by atoms with E-state index in [2.05, 4.69) is 10.3 Å². The average molecular weight is 466 g/mol. The molecular formula is C27H29F2N3O2. The second-order valence-corrected chi connectivity index (χ2v) is 8.80. The van der Waals surface area contributed by atoms with Gasteiger partial charge < -0.3 is 10.1 Å². The number of rotatable bonds is 8. The van der Waals surface area contributed by atoms with E-state index in [0.717, 1.165) is 41.3 Å². The molecule has 0 unspecified atom stereocenters. The number of carbonyl (C=O) groups is 1. The van der Waals surface area contributed by atoms with Gasteiger partial charge in [-0.15, -0.1) is 0 Å². The van der Waals surface area contributed by atoms with E-state index in [1.807, 2.05) is 24.3 Å². The van der Waals surface area contributed by atoms with Gasteiger partial charge in [-0.2, -0.15) is 0 Å². The third-order valence-corrected chi connectivity index (χ3v) is 6.35. The molecule has 1 amide bonds. The fraction of sp³-hybridized carbons (Fsp3) is 0.370. The Labute approximate surface area is 198 Å². The molecule has 0 radical (unpaired) electrons. The summed E-state index contributed by atoms with van der Waals surface area (Å²) in [6.07, 6.45) is 9.54. The number of hydrogen-bond donors (Lipinski definition) is 1. The Morgan fingerprint density at radius 2 is 1.82 bits per heavy atom. The lowest BCUT2D eigenvalue weighted by atomic mass is 9.86. The van der Waals surface area contributed by atoms with Gasteiger partial charge in [0.2, 0.25) is 5.91 Å². The molecule has 0 bridgehead atoms. The first-order valence-electron chi connectivity index (χ1n) is 11.8. The van der Waals surface area contributed by atoms with E-state index in [0.29, 0.717) is 23.7 Å². The highest BCUT2D eigenvalue weighted by atomic mass is 19.2. The summed E-state index contributed by atoms with van der Waals surface area (Å²) in [7, 11) is 1.62. The van der Waals surface area contributed by atoms with Gasteiger partial charge in [0.1, 0.15) is 5.75 Å². The van der Waals surface area contributed by atoms with Crippen LogP contribution in [0, 0.1) is 17.6 Å². The topological polar surface area (TPSA) is 64.1 Å². The number of anilines is 1. The highest BCUT2D eigenvalue weighted by Gasteiger charge is 2.17. The van der Waals surface area contributed by atoms with Gasteiger partial charge >= 0.3 is 0 Å². The molecule has 1 N–H and O–H groups in total. The molecule has 7 heteroatoms. The number of amides is 1. The molecule has 1 fully saturated rings. The molecule has 1 aliphatic rings. The Bertz CT molecular complexity index is 1130. The number of halogens is 2. The van der Waals surface area contributed by atoms with Crippen LogP contribution < -0.4 is 10.1 Å². The van der Waals surface area contributed by atoms with Crippen LogP contribution in [0.2, 0.25) is 0 Å². The number of nitrogens with one attached hydrogen (secondary N) is 1. The van der Waals surface area contributed by atoms with Crippen LogP contribution in [0.25, 0.3) is 11.3 Å². The van der Waals surface area contributed by atoms with Gasteiger partial charge in [0.15, 0.2) is 17.5 Å². The van der Waals surface area contributed by atoms with Crippen molar-refractivity contribution in [3.05, 3.63) is 71.6 Å². The number of aryl methyl sites for hydroxylation is 1. The van der Waals surface area contributed by atoms with E-state index < -0.39 is 11.6 Å². The lowest BCUT2D eigenvalue weighted by Gasteiger charge is -2.21. The molecule has 3 aromatic rings. The second-order valence-electron chi connectivity index (χ2n) is 8.80. The van der Waals surface area contributed by atoms with Gasteiger partial charge in [-0.25, -0.2) is 18.7 Å². The van der Waals surface area contributed by atoms with E-state index in [-0.39, 0.29) is 12.3 Å². The zero-order valence-corrected chi connectivity index (χ0v) is 19.3. The summed E-state index contributed by atoms with van der Waals surface area (Å²) in [5, 5.41) is 2.83. The molecule has 0 spiro atoms. The van der Waals surface area contributed by atoms with Crippen molar-refractivity contribution in [3.8, 4) is 17.0 Å². The summed E-state index contributed by atoms with van der Waals surface area (Å²) in [6.45, 7) is 0. The Morgan fingerprint density at radius 3 is 2.53 bits per heavy atom. The quantitative estimate of drug-likeness (QED) is 0.435. The van der Waals surface area contributed by atoms with Gasteiger partial charge in [0.05, 0.1) is 31.1 Å². The largest absolute Gasteiger partial charge is 0.497 e. The Balaban J connectivity index is 1.53. The van der Waals surface area contributed by atoms with E-state index >= 15 is 0 Å². The predicted octanol–water partition coefficient (Wildman–Crippen LogP) is 6.12. The zero-order chi connectivity index (χ0) is 23.9. The molecule has 0 aliphatic heterocycles. The molecule has 1 aliphatic carbocycles. The van der Waals surface area contributed by atoms with Crippen molar-refractivity contribution in [2.24, 2.45) is 5.92 Å². The molecule has 2 aromatic carbocycles. The van der Waals surface area contributed by atoms with Crippen LogP contribution in [-0.4, -0.2) is 23.0 Å². The van der Waals surface area contributed by atoms with Crippen LogP contribution in [0.5, 0.6) is 5.75 Å². The van der Waals surface area contributed by atoms with Crippen LogP contribution in [0.4, 0.5) is 14.6 Å². The minimum absolute atomic E-state index is 0.0822. The van der Waals surface area contributed by atoms with Gasteiger partial charge in [0.25, 0.3) is 0 Å².